The molecule has 1 aliphatic heterocycles. The van der Waals surface area contributed by atoms with Crippen LogP contribution in [0.1, 0.15) is 36.1 Å². The second-order valence-corrected chi connectivity index (χ2v) is 7.46. The molecule has 2 aliphatic rings. The first-order chi connectivity index (χ1) is 14.2. The van der Waals surface area contributed by atoms with Gasteiger partial charge < -0.3 is 19.8 Å². The molecule has 2 N–H and O–H groups in total. The first-order valence-corrected chi connectivity index (χ1v) is 9.79. The van der Waals surface area contributed by atoms with E-state index in [4.69, 9.17) is 9.15 Å². The first-order valence-electron chi connectivity index (χ1n) is 9.79. The smallest absolute Gasteiger partial charge is 0.163 e. The molecule has 2 atom stereocenters. The summed E-state index contributed by atoms with van der Waals surface area (Å²) in [5.74, 6) is 1.79. The summed E-state index contributed by atoms with van der Waals surface area (Å²) in [4.78, 5) is 13.4. The van der Waals surface area contributed by atoms with E-state index in [-0.39, 0.29) is 17.7 Å². The number of Topliss-reactive ketones (excluding diaryl/α,β-unsaturated/α-hetero) is 1. The average molecular weight is 386 g/mol. The zero-order valence-electron chi connectivity index (χ0n) is 16.1. The number of methoxy groups -OCH3 is 1. The van der Waals surface area contributed by atoms with Gasteiger partial charge in [0.05, 0.1) is 24.7 Å². The Labute approximate surface area is 169 Å². The fourth-order valence-electron chi connectivity index (χ4n) is 4.29. The Kier molecular flexibility index (Phi) is 4.35. The first kappa shape index (κ1) is 17.6. The lowest BCUT2D eigenvalue weighted by molar-refractivity contribution is -0.116. The highest BCUT2D eigenvalue weighted by molar-refractivity contribution is 6.01. The summed E-state index contributed by atoms with van der Waals surface area (Å²) in [5.41, 5.74) is 4.75. The molecule has 1 aromatic heterocycles. The Morgan fingerprint density at radius 3 is 2.66 bits per heavy atom. The molecule has 29 heavy (non-hydrogen) atoms. The van der Waals surface area contributed by atoms with Crippen LogP contribution in [0.15, 0.2) is 82.6 Å². The second kappa shape index (κ2) is 7.17. The number of allylic oxidation sites excluding steroid dienone is 1. The Balaban J connectivity index is 1.58. The van der Waals surface area contributed by atoms with Gasteiger partial charge in [-0.3, -0.25) is 4.79 Å². The molecule has 0 saturated heterocycles. The Morgan fingerprint density at radius 1 is 1.00 bits per heavy atom. The number of furan rings is 1. The number of hydrogen-bond donors (Lipinski definition) is 2. The SMILES string of the molecule is COc1cccc(C2CC(=O)C3=C(C2)Nc2ccccc2NC3c2ccco2)c1. The van der Waals surface area contributed by atoms with Crippen LogP contribution in [0.25, 0.3) is 0 Å². The summed E-state index contributed by atoms with van der Waals surface area (Å²) < 4.78 is 11.1. The van der Waals surface area contributed by atoms with Gasteiger partial charge in [0.1, 0.15) is 17.6 Å². The topological polar surface area (TPSA) is 63.5 Å². The van der Waals surface area contributed by atoms with E-state index in [9.17, 15) is 4.79 Å². The van der Waals surface area contributed by atoms with Gasteiger partial charge in [0.2, 0.25) is 0 Å². The number of ether oxygens (including phenoxy) is 1. The van der Waals surface area contributed by atoms with Crippen molar-refractivity contribution < 1.29 is 13.9 Å². The molecular weight excluding hydrogens is 364 g/mol. The highest BCUT2D eigenvalue weighted by atomic mass is 16.5. The molecule has 0 spiro atoms. The third-order valence-corrected chi connectivity index (χ3v) is 5.70. The molecule has 5 heteroatoms. The fourth-order valence-corrected chi connectivity index (χ4v) is 4.29. The van der Waals surface area contributed by atoms with Crippen molar-refractivity contribution >= 4 is 17.2 Å². The van der Waals surface area contributed by atoms with Crippen LogP contribution in [0.4, 0.5) is 11.4 Å². The van der Waals surface area contributed by atoms with Crippen molar-refractivity contribution in [3.63, 3.8) is 0 Å². The number of hydrogen-bond acceptors (Lipinski definition) is 5. The number of ketones is 1. The van der Waals surface area contributed by atoms with Crippen molar-refractivity contribution in [3.8, 4) is 5.75 Å². The molecule has 1 aliphatic carbocycles. The van der Waals surface area contributed by atoms with Crippen molar-refractivity contribution in [3.05, 3.63) is 89.5 Å². The lowest BCUT2D eigenvalue weighted by Crippen LogP contribution is -2.26. The van der Waals surface area contributed by atoms with E-state index in [0.29, 0.717) is 6.42 Å². The zero-order chi connectivity index (χ0) is 19.8. The monoisotopic (exact) mass is 386 g/mol. The summed E-state index contributed by atoms with van der Waals surface area (Å²) in [6.07, 6.45) is 2.86. The maximum absolute atomic E-state index is 13.4. The number of carbonyl (C=O) groups is 1. The van der Waals surface area contributed by atoms with Crippen LogP contribution in [0.3, 0.4) is 0 Å². The van der Waals surface area contributed by atoms with Crippen LogP contribution in [0.5, 0.6) is 5.75 Å². The minimum absolute atomic E-state index is 0.103. The van der Waals surface area contributed by atoms with E-state index < -0.39 is 0 Å². The summed E-state index contributed by atoms with van der Waals surface area (Å²) in [5, 5.41) is 7.04. The zero-order valence-corrected chi connectivity index (χ0v) is 16.1. The number of benzene rings is 2. The summed E-state index contributed by atoms with van der Waals surface area (Å²) in [6, 6.07) is 19.5. The van der Waals surface area contributed by atoms with E-state index in [0.717, 1.165) is 46.1 Å². The number of fused-ring (bicyclic) bond motifs is 1. The highest BCUT2D eigenvalue weighted by Crippen LogP contribution is 2.44. The molecule has 0 bridgehead atoms. The number of nitrogens with one attached hydrogen (secondary N) is 2. The third-order valence-electron chi connectivity index (χ3n) is 5.70. The maximum atomic E-state index is 13.4. The van der Waals surface area contributed by atoms with Crippen LogP contribution >= 0.6 is 0 Å². The number of para-hydroxylation sites is 2. The highest BCUT2D eigenvalue weighted by Gasteiger charge is 2.37. The minimum atomic E-state index is -0.310. The summed E-state index contributed by atoms with van der Waals surface area (Å²) in [6.45, 7) is 0. The van der Waals surface area contributed by atoms with E-state index in [1.54, 1.807) is 13.4 Å². The van der Waals surface area contributed by atoms with Gasteiger partial charge in [0, 0.05) is 17.7 Å². The Morgan fingerprint density at radius 2 is 1.86 bits per heavy atom. The molecule has 2 aromatic carbocycles. The van der Waals surface area contributed by atoms with E-state index in [1.807, 2.05) is 54.6 Å². The van der Waals surface area contributed by atoms with E-state index >= 15 is 0 Å². The van der Waals surface area contributed by atoms with Crippen LogP contribution in [0.2, 0.25) is 0 Å². The van der Waals surface area contributed by atoms with E-state index in [1.165, 1.54) is 0 Å². The van der Waals surface area contributed by atoms with Gasteiger partial charge in [-0.15, -0.1) is 0 Å². The predicted molar refractivity (Wildman–Crippen MR) is 112 cm³/mol. The largest absolute Gasteiger partial charge is 0.497 e. The number of carbonyl (C=O) groups excluding carboxylic acids is 1. The maximum Gasteiger partial charge on any atom is 0.163 e. The van der Waals surface area contributed by atoms with Gasteiger partial charge in [-0.05, 0) is 54.3 Å². The van der Waals surface area contributed by atoms with Crippen molar-refractivity contribution in [2.45, 2.75) is 24.8 Å². The average Bonchev–Trinajstić information content (AvgIpc) is 3.22. The number of rotatable bonds is 3. The van der Waals surface area contributed by atoms with Crippen molar-refractivity contribution in [1.82, 2.24) is 0 Å². The standard InChI is InChI=1S/C24H22N2O3/c1-28-17-7-4-6-15(12-17)16-13-20-23(21(27)14-16)24(22-10-5-11-29-22)26-19-9-3-2-8-18(19)25-20/h2-12,16,24-26H,13-14H2,1H3. The van der Waals surface area contributed by atoms with Crippen LogP contribution in [0, 0.1) is 0 Å². The Bertz CT molecular complexity index is 1090. The van der Waals surface area contributed by atoms with Gasteiger partial charge in [-0.1, -0.05) is 24.3 Å². The van der Waals surface area contributed by atoms with E-state index in [2.05, 4.69) is 16.7 Å². The Hall–Kier alpha value is -3.47. The molecule has 0 saturated carbocycles. The molecule has 2 unspecified atom stereocenters. The minimum Gasteiger partial charge on any atom is -0.497 e. The number of anilines is 2. The van der Waals surface area contributed by atoms with Gasteiger partial charge in [0.15, 0.2) is 5.78 Å². The summed E-state index contributed by atoms with van der Waals surface area (Å²) >= 11 is 0. The van der Waals surface area contributed by atoms with Crippen molar-refractivity contribution in [2.75, 3.05) is 17.7 Å². The molecule has 3 aromatic rings. The molecule has 5 nitrogen and oxygen atoms in total. The molecule has 0 amide bonds. The van der Waals surface area contributed by atoms with Crippen molar-refractivity contribution in [2.24, 2.45) is 0 Å². The molecule has 2 heterocycles. The van der Waals surface area contributed by atoms with Gasteiger partial charge in [0.25, 0.3) is 0 Å². The van der Waals surface area contributed by atoms with Gasteiger partial charge >= 0.3 is 0 Å². The van der Waals surface area contributed by atoms with Crippen LogP contribution in [-0.4, -0.2) is 12.9 Å². The van der Waals surface area contributed by atoms with Crippen LogP contribution in [-0.2, 0) is 4.79 Å². The van der Waals surface area contributed by atoms with Crippen LogP contribution < -0.4 is 15.4 Å². The molecular formula is C24H22N2O3. The third kappa shape index (κ3) is 3.18. The predicted octanol–water partition coefficient (Wildman–Crippen LogP) is 5.27. The van der Waals surface area contributed by atoms with Gasteiger partial charge in [-0.25, -0.2) is 0 Å². The fraction of sp³-hybridized carbons (Fsp3) is 0.208. The van der Waals surface area contributed by atoms with Gasteiger partial charge in [-0.2, -0.15) is 0 Å². The molecule has 0 radical (unpaired) electrons. The molecule has 146 valence electrons. The normalized spacial score (nSPS) is 20.8. The van der Waals surface area contributed by atoms with Crippen molar-refractivity contribution in [1.29, 1.82) is 0 Å². The lowest BCUT2D eigenvalue weighted by atomic mass is 9.79. The lowest BCUT2D eigenvalue weighted by Gasteiger charge is -2.29. The molecule has 0 fully saturated rings. The second-order valence-electron chi connectivity index (χ2n) is 7.46. The quantitative estimate of drug-likeness (QED) is 0.642. The molecule has 5 rings (SSSR count). The summed E-state index contributed by atoms with van der Waals surface area (Å²) in [7, 11) is 1.66.